The van der Waals surface area contributed by atoms with Crippen LogP contribution in [-0.2, 0) is 4.79 Å². The molecule has 3 atom stereocenters. The third-order valence-corrected chi connectivity index (χ3v) is 9.21. The molecule has 0 aliphatic carbocycles. The Hall–Kier alpha value is -0.650. The fourth-order valence-electron chi connectivity index (χ4n) is 6.16. The van der Waals surface area contributed by atoms with Gasteiger partial charge in [-0.15, -0.1) is 0 Å². The van der Waals surface area contributed by atoms with E-state index >= 15 is 0 Å². The largest absolute Gasteiger partial charge is 0.394 e. The topological polar surface area (TPSA) is 89.8 Å². The summed E-state index contributed by atoms with van der Waals surface area (Å²) < 4.78 is 0. The molecule has 0 heterocycles. The summed E-state index contributed by atoms with van der Waals surface area (Å²) in [5.41, 5.74) is 0. The number of hydrogen-bond donors (Lipinski definition) is 4. The molecular weight excluding hydrogens is 534 g/mol. The van der Waals surface area contributed by atoms with Crippen LogP contribution in [0.4, 0.5) is 0 Å². The molecule has 0 aliphatic rings. The van der Waals surface area contributed by atoms with Crippen molar-refractivity contribution >= 4 is 5.91 Å². The standard InChI is InChI=1S/C38H77NO4/c1-3-5-7-9-11-13-15-16-17-18-19-20-21-22-23-25-27-29-31-33-37(42)39-35(34-40)38(43)36(41)32-30-28-26-24-14-12-10-8-6-4-2/h35-36,38,40-41,43H,3-34H2,1-2H3,(H,39,42). The van der Waals surface area contributed by atoms with Crippen molar-refractivity contribution in [2.24, 2.45) is 0 Å². The Morgan fingerprint density at radius 2 is 0.791 bits per heavy atom. The van der Waals surface area contributed by atoms with Crippen LogP contribution in [0.5, 0.6) is 0 Å². The molecule has 0 fully saturated rings. The molecule has 258 valence electrons. The van der Waals surface area contributed by atoms with Gasteiger partial charge < -0.3 is 20.6 Å². The van der Waals surface area contributed by atoms with E-state index in [0.29, 0.717) is 12.8 Å². The molecule has 4 N–H and O–H groups in total. The molecule has 0 spiro atoms. The quantitative estimate of drug-likeness (QED) is 0.0537. The summed E-state index contributed by atoms with van der Waals surface area (Å²) in [5.74, 6) is -0.142. The van der Waals surface area contributed by atoms with Gasteiger partial charge in [-0.2, -0.15) is 0 Å². The van der Waals surface area contributed by atoms with Crippen molar-refractivity contribution in [2.45, 2.75) is 231 Å². The summed E-state index contributed by atoms with van der Waals surface area (Å²) in [4.78, 5) is 12.4. The zero-order valence-electron chi connectivity index (χ0n) is 29.1. The highest BCUT2D eigenvalue weighted by atomic mass is 16.3. The lowest BCUT2D eigenvalue weighted by Gasteiger charge is -2.26. The zero-order valence-corrected chi connectivity index (χ0v) is 29.1. The van der Waals surface area contributed by atoms with Crippen LogP contribution < -0.4 is 5.32 Å². The molecule has 0 rings (SSSR count). The second-order valence-electron chi connectivity index (χ2n) is 13.5. The Bertz CT molecular complexity index is 558. The monoisotopic (exact) mass is 612 g/mol. The minimum Gasteiger partial charge on any atom is -0.394 e. The van der Waals surface area contributed by atoms with Gasteiger partial charge >= 0.3 is 0 Å². The van der Waals surface area contributed by atoms with Crippen molar-refractivity contribution in [3.05, 3.63) is 0 Å². The fourth-order valence-corrected chi connectivity index (χ4v) is 6.16. The minimum atomic E-state index is -1.13. The van der Waals surface area contributed by atoms with Crippen LogP contribution in [0.3, 0.4) is 0 Å². The first kappa shape index (κ1) is 42.3. The van der Waals surface area contributed by atoms with E-state index in [-0.39, 0.29) is 12.5 Å². The Balaban J connectivity index is 3.59. The number of carbonyl (C=O) groups excluding carboxylic acids is 1. The first-order valence-corrected chi connectivity index (χ1v) is 19.3. The lowest BCUT2D eigenvalue weighted by molar-refractivity contribution is -0.124. The summed E-state index contributed by atoms with van der Waals surface area (Å²) in [6, 6.07) is -0.800. The molecule has 0 aromatic carbocycles. The molecule has 0 bridgehead atoms. The van der Waals surface area contributed by atoms with Crippen molar-refractivity contribution in [1.82, 2.24) is 5.32 Å². The minimum absolute atomic E-state index is 0.142. The number of aliphatic hydroxyl groups is 3. The number of aliphatic hydroxyl groups excluding tert-OH is 3. The van der Waals surface area contributed by atoms with E-state index in [0.717, 1.165) is 38.5 Å². The van der Waals surface area contributed by atoms with E-state index in [4.69, 9.17) is 0 Å². The molecule has 43 heavy (non-hydrogen) atoms. The van der Waals surface area contributed by atoms with Crippen molar-refractivity contribution in [1.29, 1.82) is 0 Å². The van der Waals surface area contributed by atoms with Gasteiger partial charge in [0.1, 0.15) is 6.10 Å². The highest BCUT2D eigenvalue weighted by Crippen LogP contribution is 2.16. The van der Waals surface area contributed by atoms with Crippen LogP contribution >= 0.6 is 0 Å². The smallest absolute Gasteiger partial charge is 0.220 e. The average molecular weight is 612 g/mol. The van der Waals surface area contributed by atoms with Crippen LogP contribution in [0.15, 0.2) is 0 Å². The van der Waals surface area contributed by atoms with Crippen molar-refractivity contribution in [3.63, 3.8) is 0 Å². The molecule has 0 saturated carbocycles. The number of nitrogens with one attached hydrogen (secondary N) is 1. The number of amides is 1. The Morgan fingerprint density at radius 3 is 1.12 bits per heavy atom. The maximum Gasteiger partial charge on any atom is 0.220 e. The maximum atomic E-state index is 12.4. The summed E-state index contributed by atoms with van der Waals surface area (Å²) in [6.07, 6.45) is 36.3. The molecule has 0 saturated heterocycles. The number of carbonyl (C=O) groups is 1. The zero-order chi connectivity index (χ0) is 31.6. The van der Waals surface area contributed by atoms with Crippen LogP contribution in [0.1, 0.15) is 213 Å². The number of unbranched alkanes of at least 4 members (excludes halogenated alkanes) is 27. The second kappa shape index (κ2) is 34.2. The molecule has 0 aromatic rings. The molecule has 0 aliphatic heterocycles. The molecule has 5 nitrogen and oxygen atoms in total. The van der Waals surface area contributed by atoms with Crippen molar-refractivity contribution in [3.8, 4) is 0 Å². The maximum absolute atomic E-state index is 12.4. The van der Waals surface area contributed by atoms with Gasteiger partial charge in [-0.25, -0.2) is 0 Å². The predicted octanol–water partition coefficient (Wildman–Crippen LogP) is 10.3. The van der Waals surface area contributed by atoms with E-state index in [9.17, 15) is 20.1 Å². The molecule has 1 amide bonds. The van der Waals surface area contributed by atoms with Crippen molar-refractivity contribution in [2.75, 3.05) is 6.61 Å². The van der Waals surface area contributed by atoms with Gasteiger partial charge in [0.25, 0.3) is 0 Å². The summed E-state index contributed by atoms with van der Waals surface area (Å²) in [5, 5.41) is 33.3. The van der Waals surface area contributed by atoms with Gasteiger partial charge in [0, 0.05) is 6.42 Å². The van der Waals surface area contributed by atoms with Crippen LogP contribution in [0.25, 0.3) is 0 Å². The van der Waals surface area contributed by atoms with E-state index in [1.54, 1.807) is 0 Å². The first-order chi connectivity index (χ1) is 21.1. The van der Waals surface area contributed by atoms with Crippen LogP contribution in [0.2, 0.25) is 0 Å². The van der Waals surface area contributed by atoms with Gasteiger partial charge in [-0.1, -0.05) is 194 Å². The molecular formula is C38H77NO4. The van der Waals surface area contributed by atoms with E-state index < -0.39 is 18.2 Å². The first-order valence-electron chi connectivity index (χ1n) is 19.3. The highest BCUT2D eigenvalue weighted by molar-refractivity contribution is 5.76. The highest BCUT2D eigenvalue weighted by Gasteiger charge is 2.26. The molecule has 5 heteroatoms. The fraction of sp³-hybridized carbons (Fsp3) is 0.974. The van der Waals surface area contributed by atoms with E-state index in [1.807, 2.05) is 0 Å². The normalized spacial score (nSPS) is 13.7. The molecule has 3 unspecified atom stereocenters. The third-order valence-electron chi connectivity index (χ3n) is 9.21. The van der Waals surface area contributed by atoms with Gasteiger partial charge in [0.2, 0.25) is 5.91 Å². The van der Waals surface area contributed by atoms with Crippen LogP contribution in [0, 0.1) is 0 Å². The van der Waals surface area contributed by atoms with Gasteiger partial charge in [0.15, 0.2) is 0 Å². The Labute approximate surface area is 268 Å². The van der Waals surface area contributed by atoms with Crippen molar-refractivity contribution < 1.29 is 20.1 Å². The predicted molar refractivity (Wildman–Crippen MR) is 186 cm³/mol. The van der Waals surface area contributed by atoms with E-state index in [1.165, 1.54) is 148 Å². The van der Waals surface area contributed by atoms with E-state index in [2.05, 4.69) is 19.2 Å². The lowest BCUT2D eigenvalue weighted by atomic mass is 9.99. The summed E-state index contributed by atoms with van der Waals surface area (Å²) in [7, 11) is 0. The SMILES string of the molecule is CCCCCCCCCCCCCCCCCCCCCC(=O)NC(CO)C(O)C(O)CCCCCCCCCCCC. The van der Waals surface area contributed by atoms with Gasteiger partial charge in [-0.3, -0.25) is 4.79 Å². The number of hydrogen-bond acceptors (Lipinski definition) is 4. The molecule has 0 aromatic heterocycles. The summed E-state index contributed by atoms with van der Waals surface area (Å²) in [6.45, 7) is 4.16. The second-order valence-corrected chi connectivity index (χ2v) is 13.5. The Kier molecular flexibility index (Phi) is 33.7. The van der Waals surface area contributed by atoms with Gasteiger partial charge in [-0.05, 0) is 12.8 Å². The third kappa shape index (κ3) is 29.8. The lowest BCUT2D eigenvalue weighted by Crippen LogP contribution is -2.50. The average Bonchev–Trinajstić information content (AvgIpc) is 3.01. The van der Waals surface area contributed by atoms with Crippen LogP contribution in [-0.4, -0.2) is 46.1 Å². The summed E-state index contributed by atoms with van der Waals surface area (Å²) >= 11 is 0. The molecule has 0 radical (unpaired) electrons. The Morgan fingerprint density at radius 1 is 0.488 bits per heavy atom. The van der Waals surface area contributed by atoms with Gasteiger partial charge in [0.05, 0.1) is 18.8 Å². The number of rotatable bonds is 35.